The fourth-order valence-corrected chi connectivity index (χ4v) is 5.84. The molecule has 2 aliphatic rings. The van der Waals surface area contributed by atoms with Gasteiger partial charge in [0.15, 0.2) is 0 Å². The molecule has 1 aromatic carbocycles. The third kappa shape index (κ3) is 4.01. The van der Waals surface area contributed by atoms with Gasteiger partial charge in [-0.25, -0.2) is 23.1 Å². The number of fused-ring (bicyclic) bond motifs is 1. The van der Waals surface area contributed by atoms with Gasteiger partial charge in [-0.2, -0.15) is 0 Å². The molecule has 1 saturated carbocycles. The Balaban J connectivity index is 1.60. The highest BCUT2D eigenvalue weighted by Crippen LogP contribution is 2.43. The number of nitrogens with zero attached hydrogens (tertiary/aromatic N) is 3. The van der Waals surface area contributed by atoms with Crippen molar-refractivity contribution in [3.05, 3.63) is 41.5 Å². The van der Waals surface area contributed by atoms with Crippen molar-refractivity contribution in [3.63, 3.8) is 0 Å². The van der Waals surface area contributed by atoms with Crippen LogP contribution in [0.15, 0.2) is 35.7 Å². The van der Waals surface area contributed by atoms with Crippen LogP contribution < -0.4 is 9.62 Å². The smallest absolute Gasteiger partial charge is 0.209 e. The maximum absolute atomic E-state index is 11.8. The van der Waals surface area contributed by atoms with E-state index in [4.69, 9.17) is 9.97 Å². The number of sulfonamides is 1. The summed E-state index contributed by atoms with van der Waals surface area (Å²) in [7, 11) is -3.23. The molecule has 6 nitrogen and oxygen atoms in total. The molecule has 0 bridgehead atoms. The number of rotatable bonds is 5. The minimum Gasteiger partial charge on any atom is -0.354 e. The van der Waals surface area contributed by atoms with E-state index in [9.17, 15) is 8.42 Å². The SMILES string of the molecule is CS(=O)(=O)NC1CCCN(c2nc(C3CC3)nc3scc(-c4ccccc4)c23)C1. The summed E-state index contributed by atoms with van der Waals surface area (Å²) in [6.45, 7) is 1.51. The first-order valence-corrected chi connectivity index (χ1v) is 12.8. The van der Waals surface area contributed by atoms with E-state index in [1.807, 2.05) is 18.2 Å². The van der Waals surface area contributed by atoms with Gasteiger partial charge in [-0.3, -0.25) is 0 Å². The summed E-state index contributed by atoms with van der Waals surface area (Å²) in [6.07, 6.45) is 5.32. The molecule has 0 spiro atoms. The molecule has 29 heavy (non-hydrogen) atoms. The summed E-state index contributed by atoms with van der Waals surface area (Å²) < 4.78 is 26.3. The van der Waals surface area contributed by atoms with Crippen LogP contribution in [0.4, 0.5) is 5.82 Å². The van der Waals surface area contributed by atoms with Gasteiger partial charge in [0.05, 0.1) is 11.6 Å². The molecule has 1 aliphatic heterocycles. The molecular formula is C21H24N4O2S2. The lowest BCUT2D eigenvalue weighted by Crippen LogP contribution is -2.47. The summed E-state index contributed by atoms with van der Waals surface area (Å²) in [6, 6.07) is 10.3. The number of nitrogens with one attached hydrogen (secondary N) is 1. The number of aromatic nitrogens is 2. The molecule has 1 N–H and O–H groups in total. The molecule has 8 heteroatoms. The highest BCUT2D eigenvalue weighted by atomic mass is 32.2. The zero-order valence-electron chi connectivity index (χ0n) is 16.3. The molecule has 1 unspecified atom stereocenters. The summed E-state index contributed by atoms with van der Waals surface area (Å²) in [5.74, 6) is 2.36. The van der Waals surface area contributed by atoms with Crippen LogP contribution >= 0.6 is 11.3 Å². The lowest BCUT2D eigenvalue weighted by Gasteiger charge is -2.34. The molecule has 1 saturated heterocycles. The van der Waals surface area contributed by atoms with Crippen molar-refractivity contribution < 1.29 is 8.42 Å². The first-order valence-electron chi connectivity index (χ1n) is 10.0. The quantitative estimate of drug-likeness (QED) is 0.670. The fourth-order valence-electron chi connectivity index (χ4n) is 4.09. The van der Waals surface area contributed by atoms with Gasteiger partial charge in [-0.1, -0.05) is 30.3 Å². The van der Waals surface area contributed by atoms with E-state index in [1.54, 1.807) is 11.3 Å². The molecule has 5 rings (SSSR count). The Morgan fingerprint density at radius 1 is 1.14 bits per heavy atom. The van der Waals surface area contributed by atoms with E-state index in [0.29, 0.717) is 12.5 Å². The highest BCUT2D eigenvalue weighted by Gasteiger charge is 2.31. The Morgan fingerprint density at radius 3 is 2.66 bits per heavy atom. The van der Waals surface area contributed by atoms with Crippen LogP contribution in [0.2, 0.25) is 0 Å². The maximum Gasteiger partial charge on any atom is 0.209 e. The number of anilines is 1. The second-order valence-electron chi connectivity index (χ2n) is 8.05. The molecule has 2 fully saturated rings. The Hall–Kier alpha value is -2.03. The van der Waals surface area contributed by atoms with Crippen LogP contribution in [-0.4, -0.2) is 43.8 Å². The number of benzene rings is 1. The van der Waals surface area contributed by atoms with Crippen LogP contribution in [0.25, 0.3) is 21.3 Å². The zero-order chi connectivity index (χ0) is 20.0. The standard InChI is InChI=1S/C21H24N4O2S2/c1-29(26,27)24-16-8-5-11-25(12-16)20-18-17(14-6-3-2-4-7-14)13-28-21(18)23-19(22-20)15-9-10-15/h2-4,6-7,13,15-16,24H,5,8-12H2,1H3. The number of hydrogen-bond acceptors (Lipinski definition) is 6. The maximum atomic E-state index is 11.8. The van der Waals surface area contributed by atoms with Crippen molar-refractivity contribution in [1.82, 2.24) is 14.7 Å². The average Bonchev–Trinajstić information content (AvgIpc) is 3.46. The van der Waals surface area contributed by atoms with Gasteiger partial charge in [0.2, 0.25) is 10.0 Å². The van der Waals surface area contributed by atoms with Gasteiger partial charge in [0.25, 0.3) is 0 Å². The molecular weight excluding hydrogens is 404 g/mol. The van der Waals surface area contributed by atoms with Crippen molar-refractivity contribution in [2.75, 3.05) is 24.2 Å². The number of thiophene rings is 1. The number of piperidine rings is 1. The van der Waals surface area contributed by atoms with Gasteiger partial charge in [0.1, 0.15) is 16.5 Å². The van der Waals surface area contributed by atoms with Crippen LogP contribution in [0, 0.1) is 0 Å². The van der Waals surface area contributed by atoms with Crippen LogP contribution in [0.3, 0.4) is 0 Å². The first kappa shape index (κ1) is 19.0. The molecule has 2 aromatic heterocycles. The van der Waals surface area contributed by atoms with E-state index in [2.05, 4.69) is 27.1 Å². The Morgan fingerprint density at radius 2 is 1.93 bits per heavy atom. The van der Waals surface area contributed by atoms with E-state index < -0.39 is 10.0 Å². The fraction of sp³-hybridized carbons (Fsp3) is 0.429. The monoisotopic (exact) mass is 428 g/mol. The van der Waals surface area contributed by atoms with Crippen molar-refractivity contribution in [2.24, 2.45) is 0 Å². The Labute approximate surface area is 175 Å². The van der Waals surface area contributed by atoms with Gasteiger partial charge >= 0.3 is 0 Å². The lowest BCUT2D eigenvalue weighted by atomic mass is 10.0. The topological polar surface area (TPSA) is 75.2 Å². The van der Waals surface area contributed by atoms with E-state index in [-0.39, 0.29) is 6.04 Å². The van der Waals surface area contributed by atoms with Crippen molar-refractivity contribution in [3.8, 4) is 11.1 Å². The Kier molecular flexibility index (Phi) is 4.80. The first-order chi connectivity index (χ1) is 14.0. The second-order valence-corrected chi connectivity index (χ2v) is 10.7. The average molecular weight is 429 g/mol. The largest absolute Gasteiger partial charge is 0.354 e. The van der Waals surface area contributed by atoms with Crippen molar-refractivity contribution >= 4 is 37.4 Å². The van der Waals surface area contributed by atoms with Crippen molar-refractivity contribution in [2.45, 2.75) is 37.6 Å². The molecule has 3 aromatic rings. The summed E-state index contributed by atoms with van der Waals surface area (Å²) in [5, 5.41) is 3.26. The second kappa shape index (κ2) is 7.34. The molecule has 152 valence electrons. The molecule has 1 atom stereocenters. The third-order valence-electron chi connectivity index (χ3n) is 5.56. The lowest BCUT2D eigenvalue weighted by molar-refractivity contribution is 0.466. The minimum atomic E-state index is -3.23. The minimum absolute atomic E-state index is 0.0908. The molecule has 1 aliphatic carbocycles. The molecule has 0 amide bonds. The normalized spacial score (nSPS) is 20.3. The highest BCUT2D eigenvalue weighted by molar-refractivity contribution is 7.88. The summed E-state index contributed by atoms with van der Waals surface area (Å²) in [5.41, 5.74) is 2.31. The van der Waals surface area contributed by atoms with Crippen molar-refractivity contribution in [1.29, 1.82) is 0 Å². The predicted octanol–water partition coefficient (Wildman–Crippen LogP) is 3.75. The van der Waals surface area contributed by atoms with Crippen LogP contribution in [0.5, 0.6) is 0 Å². The number of hydrogen-bond donors (Lipinski definition) is 1. The third-order valence-corrected chi connectivity index (χ3v) is 7.19. The summed E-state index contributed by atoms with van der Waals surface area (Å²) >= 11 is 1.67. The van der Waals surface area contributed by atoms with Gasteiger partial charge < -0.3 is 4.90 Å². The Bertz CT molecular complexity index is 1140. The van der Waals surface area contributed by atoms with Crippen LogP contribution in [-0.2, 0) is 10.0 Å². The van der Waals surface area contributed by atoms with E-state index >= 15 is 0 Å². The van der Waals surface area contributed by atoms with Gasteiger partial charge in [-0.05, 0) is 31.2 Å². The summed E-state index contributed by atoms with van der Waals surface area (Å²) in [4.78, 5) is 13.2. The van der Waals surface area contributed by atoms with E-state index in [1.165, 1.54) is 6.26 Å². The van der Waals surface area contributed by atoms with Gasteiger partial charge in [-0.15, -0.1) is 11.3 Å². The van der Waals surface area contributed by atoms with E-state index in [0.717, 1.165) is 65.2 Å². The predicted molar refractivity (Wildman–Crippen MR) is 118 cm³/mol. The molecule has 3 heterocycles. The van der Waals surface area contributed by atoms with Crippen LogP contribution in [0.1, 0.15) is 37.4 Å². The van der Waals surface area contributed by atoms with Gasteiger partial charge in [0, 0.05) is 36.0 Å². The zero-order valence-corrected chi connectivity index (χ0v) is 18.0. The molecule has 0 radical (unpaired) electrons.